The van der Waals surface area contributed by atoms with Crippen molar-refractivity contribution in [3.63, 3.8) is 0 Å². The van der Waals surface area contributed by atoms with E-state index in [0.29, 0.717) is 5.92 Å². The Bertz CT molecular complexity index is 295. The van der Waals surface area contributed by atoms with E-state index in [4.69, 9.17) is 0 Å². The lowest BCUT2D eigenvalue weighted by Crippen LogP contribution is -2.19. The summed E-state index contributed by atoms with van der Waals surface area (Å²) in [6.07, 6.45) is 12.9. The molecule has 0 fully saturated rings. The zero-order valence-corrected chi connectivity index (χ0v) is 11.9. The Hall–Kier alpha value is -0.780. The summed E-state index contributed by atoms with van der Waals surface area (Å²) in [5.41, 5.74) is 1.32. The van der Waals surface area contributed by atoms with Crippen molar-refractivity contribution in [1.82, 2.24) is 0 Å². The van der Waals surface area contributed by atoms with Crippen molar-refractivity contribution in [2.24, 2.45) is 23.7 Å². The molecule has 0 heteroatoms. The quantitative estimate of drug-likeness (QED) is 0.558. The lowest BCUT2D eigenvalue weighted by atomic mass is 9.77. The molecule has 0 nitrogen and oxygen atoms in total. The van der Waals surface area contributed by atoms with Gasteiger partial charge in [-0.3, -0.25) is 0 Å². The van der Waals surface area contributed by atoms with Gasteiger partial charge in [0.1, 0.15) is 0 Å². The summed E-state index contributed by atoms with van der Waals surface area (Å²) in [5, 5.41) is 0. The first-order chi connectivity index (χ1) is 8.02. The molecule has 0 aromatic rings. The first-order valence-corrected chi connectivity index (χ1v) is 7.01. The molecule has 17 heavy (non-hydrogen) atoms. The predicted octanol–water partition coefficient (Wildman–Crippen LogP) is 5.38. The Kier molecular flexibility index (Phi) is 5.74. The van der Waals surface area contributed by atoms with E-state index in [1.807, 2.05) is 0 Å². The summed E-state index contributed by atoms with van der Waals surface area (Å²) in [6, 6.07) is 0. The molecule has 0 aromatic heterocycles. The molecule has 1 aliphatic rings. The lowest BCUT2D eigenvalue weighted by molar-refractivity contribution is 0.268. The third kappa shape index (κ3) is 4.53. The highest BCUT2D eigenvalue weighted by atomic mass is 14.3. The van der Waals surface area contributed by atoms with Crippen molar-refractivity contribution in [2.45, 2.75) is 47.0 Å². The molecule has 0 spiro atoms. The average molecular weight is 232 g/mol. The third-order valence-corrected chi connectivity index (χ3v) is 4.47. The van der Waals surface area contributed by atoms with Crippen LogP contribution in [0.15, 0.2) is 36.5 Å². The Morgan fingerprint density at radius 1 is 1.29 bits per heavy atom. The van der Waals surface area contributed by atoms with Gasteiger partial charge in [-0.25, -0.2) is 0 Å². The molecule has 3 unspecified atom stereocenters. The summed E-state index contributed by atoms with van der Waals surface area (Å²) in [5.74, 6) is 2.91. The largest absolute Gasteiger partial charge is 0.0999 e. The van der Waals surface area contributed by atoms with Gasteiger partial charge in [-0.2, -0.15) is 0 Å². The monoisotopic (exact) mass is 232 g/mol. The summed E-state index contributed by atoms with van der Waals surface area (Å²) >= 11 is 0. The molecule has 0 amide bonds. The van der Waals surface area contributed by atoms with Crippen LogP contribution in [0.5, 0.6) is 0 Å². The van der Waals surface area contributed by atoms with Crippen LogP contribution in [0.3, 0.4) is 0 Å². The molecule has 1 aliphatic carbocycles. The van der Waals surface area contributed by atoms with E-state index in [1.165, 1.54) is 24.8 Å². The van der Waals surface area contributed by atoms with E-state index in [2.05, 4.69) is 58.6 Å². The van der Waals surface area contributed by atoms with Gasteiger partial charge in [-0.15, -0.1) is 0 Å². The second-order valence-electron chi connectivity index (χ2n) is 5.86. The molecule has 0 saturated carbocycles. The maximum absolute atomic E-state index is 4.10. The van der Waals surface area contributed by atoms with E-state index < -0.39 is 0 Å². The van der Waals surface area contributed by atoms with E-state index in [0.717, 1.165) is 17.8 Å². The predicted molar refractivity (Wildman–Crippen MR) is 77.9 cm³/mol. The van der Waals surface area contributed by atoms with Crippen molar-refractivity contribution in [1.29, 1.82) is 0 Å². The van der Waals surface area contributed by atoms with Gasteiger partial charge in [0.05, 0.1) is 0 Å². The number of hydrogen-bond acceptors (Lipinski definition) is 0. The fourth-order valence-corrected chi connectivity index (χ4v) is 2.63. The lowest BCUT2D eigenvalue weighted by Gasteiger charge is -2.28. The van der Waals surface area contributed by atoms with Crippen LogP contribution in [-0.4, -0.2) is 0 Å². The first-order valence-electron chi connectivity index (χ1n) is 7.01. The van der Waals surface area contributed by atoms with Crippen LogP contribution in [0.2, 0.25) is 0 Å². The SMILES string of the molecule is C=C(C)[C@H](C)C(C)C(C)CC1C=CC=CCC1. The molecule has 4 atom stereocenters. The third-order valence-electron chi connectivity index (χ3n) is 4.47. The van der Waals surface area contributed by atoms with Gasteiger partial charge >= 0.3 is 0 Å². The van der Waals surface area contributed by atoms with E-state index in [-0.39, 0.29) is 0 Å². The van der Waals surface area contributed by atoms with Crippen molar-refractivity contribution in [3.8, 4) is 0 Å². The zero-order chi connectivity index (χ0) is 12.8. The minimum Gasteiger partial charge on any atom is -0.0999 e. The molecular formula is C17H28. The van der Waals surface area contributed by atoms with Crippen LogP contribution < -0.4 is 0 Å². The molecule has 96 valence electrons. The zero-order valence-electron chi connectivity index (χ0n) is 11.9. The van der Waals surface area contributed by atoms with Gasteiger partial charge < -0.3 is 0 Å². The highest BCUT2D eigenvalue weighted by Crippen LogP contribution is 2.31. The molecule has 0 radical (unpaired) electrons. The van der Waals surface area contributed by atoms with Gasteiger partial charge in [0.2, 0.25) is 0 Å². The minimum absolute atomic E-state index is 0.637. The number of allylic oxidation sites excluding steroid dienone is 5. The molecule has 0 bridgehead atoms. The molecule has 0 N–H and O–H groups in total. The second kappa shape index (κ2) is 6.83. The van der Waals surface area contributed by atoms with Crippen LogP contribution in [-0.2, 0) is 0 Å². The topological polar surface area (TPSA) is 0 Å². The van der Waals surface area contributed by atoms with Crippen molar-refractivity contribution in [2.75, 3.05) is 0 Å². The smallest absolute Gasteiger partial charge is 0.0209 e. The fourth-order valence-electron chi connectivity index (χ4n) is 2.63. The van der Waals surface area contributed by atoms with E-state index in [9.17, 15) is 0 Å². The summed E-state index contributed by atoms with van der Waals surface area (Å²) in [6.45, 7) is 13.3. The van der Waals surface area contributed by atoms with E-state index in [1.54, 1.807) is 0 Å². The molecule has 0 aliphatic heterocycles. The summed E-state index contributed by atoms with van der Waals surface area (Å²) < 4.78 is 0. The maximum atomic E-state index is 4.10. The minimum atomic E-state index is 0.637. The summed E-state index contributed by atoms with van der Waals surface area (Å²) in [4.78, 5) is 0. The number of rotatable bonds is 5. The van der Waals surface area contributed by atoms with Crippen LogP contribution in [0.4, 0.5) is 0 Å². The first kappa shape index (κ1) is 14.3. The number of hydrogen-bond donors (Lipinski definition) is 0. The Morgan fingerprint density at radius 2 is 2.00 bits per heavy atom. The second-order valence-corrected chi connectivity index (χ2v) is 5.86. The van der Waals surface area contributed by atoms with Crippen molar-refractivity contribution < 1.29 is 0 Å². The Labute approximate surface area is 108 Å². The summed E-state index contributed by atoms with van der Waals surface area (Å²) in [7, 11) is 0. The van der Waals surface area contributed by atoms with Crippen molar-refractivity contribution in [3.05, 3.63) is 36.5 Å². The molecule has 0 saturated heterocycles. The molecular weight excluding hydrogens is 204 g/mol. The Balaban J connectivity index is 2.47. The standard InChI is InChI=1S/C17H28/c1-13(2)15(4)16(5)14(3)12-17-10-8-6-7-9-11-17/h6-8,10,14-17H,1,9,11-12H2,2-5H3/t14?,15-,16?,17?/m0/s1. The van der Waals surface area contributed by atoms with E-state index >= 15 is 0 Å². The highest BCUT2D eigenvalue weighted by molar-refractivity contribution is 5.08. The van der Waals surface area contributed by atoms with Gasteiger partial charge in [-0.1, -0.05) is 57.2 Å². The average Bonchev–Trinajstić information content (AvgIpc) is 2.55. The van der Waals surface area contributed by atoms with Crippen molar-refractivity contribution >= 4 is 0 Å². The molecule has 1 rings (SSSR count). The normalized spacial score (nSPS) is 25.1. The van der Waals surface area contributed by atoms with Crippen LogP contribution in [0, 0.1) is 23.7 Å². The highest BCUT2D eigenvalue weighted by Gasteiger charge is 2.21. The van der Waals surface area contributed by atoms with Crippen LogP contribution in [0.25, 0.3) is 0 Å². The van der Waals surface area contributed by atoms with Gasteiger partial charge in [0, 0.05) is 0 Å². The van der Waals surface area contributed by atoms with Crippen LogP contribution >= 0.6 is 0 Å². The fraction of sp³-hybridized carbons (Fsp3) is 0.647. The van der Waals surface area contributed by atoms with Gasteiger partial charge in [0.25, 0.3) is 0 Å². The molecule has 0 heterocycles. The Morgan fingerprint density at radius 3 is 2.65 bits per heavy atom. The van der Waals surface area contributed by atoms with Gasteiger partial charge in [-0.05, 0) is 49.9 Å². The van der Waals surface area contributed by atoms with Gasteiger partial charge in [0.15, 0.2) is 0 Å². The molecule has 0 aromatic carbocycles. The maximum Gasteiger partial charge on any atom is -0.0209 e. The van der Waals surface area contributed by atoms with Crippen LogP contribution in [0.1, 0.15) is 47.0 Å².